The molecule has 0 aromatic carbocycles. The van der Waals surface area contributed by atoms with Crippen LogP contribution in [0.3, 0.4) is 0 Å². The van der Waals surface area contributed by atoms with Crippen molar-refractivity contribution in [1.82, 2.24) is 4.90 Å². The van der Waals surface area contributed by atoms with Crippen molar-refractivity contribution < 1.29 is 0 Å². The molecular formula is C16H34N2. The van der Waals surface area contributed by atoms with E-state index in [1.807, 2.05) is 0 Å². The van der Waals surface area contributed by atoms with Gasteiger partial charge >= 0.3 is 0 Å². The molecular weight excluding hydrogens is 220 g/mol. The Bertz CT molecular complexity index is 221. The molecule has 0 amide bonds. The first-order chi connectivity index (χ1) is 8.50. The van der Waals surface area contributed by atoms with Gasteiger partial charge in [0.15, 0.2) is 0 Å². The standard InChI is InChI=1S/C16H34N2/c1-5-16(4,18-12-7-6-8-13-18)15(17)11-9-10-14(2)3/h14-15H,5-13,17H2,1-4H3. The lowest BCUT2D eigenvalue weighted by Gasteiger charge is -2.47. The van der Waals surface area contributed by atoms with Crippen molar-refractivity contribution in [2.24, 2.45) is 11.7 Å². The highest BCUT2D eigenvalue weighted by atomic mass is 15.2. The minimum Gasteiger partial charge on any atom is -0.326 e. The van der Waals surface area contributed by atoms with Crippen LogP contribution in [-0.4, -0.2) is 29.6 Å². The molecule has 2 atom stereocenters. The number of piperidine rings is 1. The van der Waals surface area contributed by atoms with E-state index in [1.54, 1.807) is 0 Å². The Labute approximate surface area is 114 Å². The van der Waals surface area contributed by atoms with Gasteiger partial charge in [0, 0.05) is 11.6 Å². The van der Waals surface area contributed by atoms with Gasteiger partial charge in [-0.3, -0.25) is 4.90 Å². The molecule has 2 N–H and O–H groups in total. The first kappa shape index (κ1) is 16.0. The Kier molecular flexibility index (Phi) is 6.65. The molecule has 1 fully saturated rings. The molecule has 0 aromatic heterocycles. The molecule has 0 aliphatic carbocycles. The molecule has 0 bridgehead atoms. The molecule has 0 aromatic rings. The van der Waals surface area contributed by atoms with Crippen molar-refractivity contribution in [2.45, 2.75) is 84.2 Å². The predicted molar refractivity (Wildman–Crippen MR) is 80.8 cm³/mol. The van der Waals surface area contributed by atoms with E-state index in [4.69, 9.17) is 5.73 Å². The predicted octanol–water partition coefficient (Wildman–Crippen LogP) is 3.79. The van der Waals surface area contributed by atoms with Crippen molar-refractivity contribution in [3.05, 3.63) is 0 Å². The first-order valence-electron chi connectivity index (χ1n) is 8.01. The van der Waals surface area contributed by atoms with Gasteiger partial charge in [0.05, 0.1) is 0 Å². The summed E-state index contributed by atoms with van der Waals surface area (Å²) in [6.07, 6.45) is 9.06. The fraction of sp³-hybridized carbons (Fsp3) is 1.00. The van der Waals surface area contributed by atoms with Gasteiger partial charge in [-0.05, 0) is 51.6 Å². The largest absolute Gasteiger partial charge is 0.326 e. The molecule has 2 nitrogen and oxygen atoms in total. The number of likely N-dealkylation sites (tertiary alicyclic amines) is 1. The van der Waals surface area contributed by atoms with Crippen LogP contribution in [0.4, 0.5) is 0 Å². The maximum atomic E-state index is 6.54. The lowest BCUT2D eigenvalue weighted by Crippen LogP contribution is -2.59. The van der Waals surface area contributed by atoms with Crippen LogP contribution < -0.4 is 5.73 Å². The summed E-state index contributed by atoms with van der Waals surface area (Å²) < 4.78 is 0. The maximum absolute atomic E-state index is 6.54. The smallest absolute Gasteiger partial charge is 0.0329 e. The number of hydrogen-bond acceptors (Lipinski definition) is 2. The summed E-state index contributed by atoms with van der Waals surface area (Å²) in [4.78, 5) is 2.66. The monoisotopic (exact) mass is 254 g/mol. The summed E-state index contributed by atoms with van der Waals surface area (Å²) in [6, 6.07) is 0.333. The zero-order chi connectivity index (χ0) is 13.6. The van der Waals surface area contributed by atoms with E-state index in [9.17, 15) is 0 Å². The summed E-state index contributed by atoms with van der Waals surface area (Å²) in [5.41, 5.74) is 6.76. The molecule has 2 heteroatoms. The number of nitrogens with two attached hydrogens (primary N) is 1. The molecule has 1 aliphatic rings. The Morgan fingerprint density at radius 3 is 2.22 bits per heavy atom. The lowest BCUT2D eigenvalue weighted by atomic mass is 9.83. The molecule has 2 unspecified atom stereocenters. The lowest BCUT2D eigenvalue weighted by molar-refractivity contribution is 0.0512. The first-order valence-corrected chi connectivity index (χ1v) is 8.01. The van der Waals surface area contributed by atoms with Crippen LogP contribution in [-0.2, 0) is 0 Å². The van der Waals surface area contributed by atoms with E-state index in [0.29, 0.717) is 6.04 Å². The van der Waals surface area contributed by atoms with E-state index >= 15 is 0 Å². The highest BCUT2D eigenvalue weighted by Gasteiger charge is 2.36. The van der Waals surface area contributed by atoms with Crippen molar-refractivity contribution in [3.8, 4) is 0 Å². The van der Waals surface area contributed by atoms with Gasteiger partial charge in [0.2, 0.25) is 0 Å². The average Bonchev–Trinajstić information content (AvgIpc) is 2.38. The van der Waals surface area contributed by atoms with Crippen LogP contribution >= 0.6 is 0 Å². The zero-order valence-corrected chi connectivity index (χ0v) is 13.0. The summed E-state index contributed by atoms with van der Waals surface area (Å²) >= 11 is 0. The van der Waals surface area contributed by atoms with E-state index in [2.05, 4.69) is 32.6 Å². The summed E-state index contributed by atoms with van der Waals surface area (Å²) in [5.74, 6) is 0.806. The van der Waals surface area contributed by atoms with Gasteiger partial charge < -0.3 is 5.73 Å². The Balaban J connectivity index is 2.50. The van der Waals surface area contributed by atoms with Crippen molar-refractivity contribution in [2.75, 3.05) is 13.1 Å². The quantitative estimate of drug-likeness (QED) is 0.749. The number of hydrogen-bond donors (Lipinski definition) is 1. The van der Waals surface area contributed by atoms with Crippen LogP contribution in [0.25, 0.3) is 0 Å². The third-order valence-corrected chi connectivity index (χ3v) is 4.89. The molecule has 0 spiro atoms. The van der Waals surface area contributed by atoms with E-state index in [-0.39, 0.29) is 5.54 Å². The Hall–Kier alpha value is -0.0800. The number of nitrogens with zero attached hydrogens (tertiary/aromatic N) is 1. The van der Waals surface area contributed by atoms with Gasteiger partial charge in [-0.2, -0.15) is 0 Å². The van der Waals surface area contributed by atoms with Crippen LogP contribution in [0.5, 0.6) is 0 Å². The Morgan fingerprint density at radius 2 is 1.72 bits per heavy atom. The van der Waals surface area contributed by atoms with Crippen molar-refractivity contribution in [1.29, 1.82) is 0 Å². The molecule has 18 heavy (non-hydrogen) atoms. The maximum Gasteiger partial charge on any atom is 0.0329 e. The molecule has 1 rings (SSSR count). The highest BCUT2D eigenvalue weighted by molar-refractivity contribution is 4.95. The van der Waals surface area contributed by atoms with Crippen LogP contribution in [0.1, 0.15) is 72.6 Å². The normalized spacial score (nSPS) is 23.0. The second-order valence-electron chi connectivity index (χ2n) is 6.69. The van der Waals surface area contributed by atoms with Gasteiger partial charge in [0.1, 0.15) is 0 Å². The molecule has 1 saturated heterocycles. The topological polar surface area (TPSA) is 29.3 Å². The molecule has 1 heterocycles. The summed E-state index contributed by atoms with van der Waals surface area (Å²) in [7, 11) is 0. The second kappa shape index (κ2) is 7.49. The van der Waals surface area contributed by atoms with Gasteiger partial charge in [0.25, 0.3) is 0 Å². The number of rotatable bonds is 7. The molecule has 0 saturated carbocycles. The SMILES string of the molecule is CCC(C)(C(N)CCCC(C)C)N1CCCCC1. The Morgan fingerprint density at radius 1 is 1.11 bits per heavy atom. The fourth-order valence-electron chi connectivity index (χ4n) is 3.18. The molecule has 1 aliphatic heterocycles. The molecule has 108 valence electrons. The van der Waals surface area contributed by atoms with Gasteiger partial charge in [-0.25, -0.2) is 0 Å². The van der Waals surface area contributed by atoms with Crippen LogP contribution in [0, 0.1) is 5.92 Å². The third kappa shape index (κ3) is 4.24. The summed E-state index contributed by atoms with van der Waals surface area (Å²) in [6.45, 7) is 11.8. The summed E-state index contributed by atoms with van der Waals surface area (Å²) in [5, 5.41) is 0. The fourth-order valence-corrected chi connectivity index (χ4v) is 3.18. The van der Waals surface area contributed by atoms with Crippen molar-refractivity contribution >= 4 is 0 Å². The van der Waals surface area contributed by atoms with Crippen LogP contribution in [0.2, 0.25) is 0 Å². The van der Waals surface area contributed by atoms with Crippen LogP contribution in [0.15, 0.2) is 0 Å². The van der Waals surface area contributed by atoms with Gasteiger partial charge in [-0.15, -0.1) is 0 Å². The minimum absolute atomic E-state index is 0.220. The minimum atomic E-state index is 0.220. The van der Waals surface area contributed by atoms with Crippen molar-refractivity contribution in [3.63, 3.8) is 0 Å². The highest BCUT2D eigenvalue weighted by Crippen LogP contribution is 2.28. The van der Waals surface area contributed by atoms with E-state index < -0.39 is 0 Å². The van der Waals surface area contributed by atoms with Gasteiger partial charge in [-0.1, -0.05) is 40.0 Å². The van der Waals surface area contributed by atoms with E-state index in [1.165, 1.54) is 58.0 Å². The zero-order valence-electron chi connectivity index (χ0n) is 13.0. The van der Waals surface area contributed by atoms with E-state index in [0.717, 1.165) is 5.92 Å². The second-order valence-corrected chi connectivity index (χ2v) is 6.69. The third-order valence-electron chi connectivity index (χ3n) is 4.89. The average molecular weight is 254 g/mol. The molecule has 0 radical (unpaired) electrons.